The molecule has 2 aromatic heterocycles. The lowest BCUT2D eigenvalue weighted by atomic mass is 10.4. The van der Waals surface area contributed by atoms with Crippen molar-refractivity contribution in [3.8, 4) is 0 Å². The Kier molecular flexibility index (Phi) is 6.29. The van der Waals surface area contributed by atoms with E-state index in [0.29, 0.717) is 24.9 Å². The lowest BCUT2D eigenvalue weighted by Crippen LogP contribution is -3.00. The number of hydrogen-bond acceptors (Lipinski definition) is 6. The van der Waals surface area contributed by atoms with Gasteiger partial charge in [0.2, 0.25) is 10.5 Å². The summed E-state index contributed by atoms with van der Waals surface area (Å²) in [5.41, 5.74) is 10.7. The predicted molar refractivity (Wildman–Crippen MR) is 46.8 cm³/mol. The number of rotatable bonds is 4. The Bertz CT molecular complexity index is 405. The lowest BCUT2D eigenvalue weighted by Gasteiger charge is -1.83. The first-order chi connectivity index (χ1) is 7.24. The molecule has 0 unspecified atom stereocenters. The fourth-order valence-electron chi connectivity index (χ4n) is 1.19. The van der Waals surface area contributed by atoms with Crippen LogP contribution in [0.4, 0.5) is 11.8 Å². The largest absolute Gasteiger partial charge is 1.00 e. The molecule has 17 heavy (non-hydrogen) atoms. The molecule has 8 nitrogen and oxygen atoms in total. The zero-order valence-corrected chi connectivity index (χ0v) is 10.3. The first-order valence-corrected chi connectivity index (χ1v) is 4.48. The minimum absolute atomic E-state index is 0. The maximum atomic E-state index is 5.37. The number of anilines is 2. The quantitative estimate of drug-likeness (QED) is 0.539. The summed E-state index contributed by atoms with van der Waals surface area (Å²) in [5.74, 6) is 0.599. The molecule has 0 bridgehead atoms. The van der Waals surface area contributed by atoms with Gasteiger partial charge in [-0.3, -0.25) is 9.05 Å². The van der Waals surface area contributed by atoms with E-state index in [1.54, 1.807) is 21.8 Å². The topological polar surface area (TPSA) is 112 Å². The van der Waals surface area contributed by atoms with Crippen LogP contribution in [0.25, 0.3) is 0 Å². The van der Waals surface area contributed by atoms with E-state index < -0.39 is 0 Å². The average Bonchev–Trinajstić information content (AvgIpc) is 2.76. The first kappa shape index (κ1) is 15.5. The standard InChI is InChI=1S/C7H12N6O2.2ClH/c8-6-4-12(10-14-6)2-1-3-13-5-7(9)15-11-13;;/h4-5H,1-3,8-9H2;2*1H/q+2;;/p-2. The van der Waals surface area contributed by atoms with Crippen molar-refractivity contribution in [3.05, 3.63) is 12.4 Å². The SMILES string of the molecule is Nc1c[n+](CCC[n+]2cc(N)on2)no1.[Cl-].[Cl-]. The van der Waals surface area contributed by atoms with Gasteiger partial charge in [0.05, 0.1) is 6.42 Å². The van der Waals surface area contributed by atoms with Crippen LogP contribution in [-0.4, -0.2) is 10.5 Å². The molecule has 0 fully saturated rings. The second-order valence-corrected chi connectivity index (χ2v) is 3.09. The molecule has 0 atom stereocenters. The summed E-state index contributed by atoms with van der Waals surface area (Å²) in [5, 5.41) is 7.38. The van der Waals surface area contributed by atoms with Crippen LogP contribution in [0.5, 0.6) is 0 Å². The summed E-state index contributed by atoms with van der Waals surface area (Å²) in [6.07, 6.45) is 4.08. The number of hydrogen-bond donors (Lipinski definition) is 2. The molecule has 0 aromatic carbocycles. The smallest absolute Gasteiger partial charge is 0.293 e. The van der Waals surface area contributed by atoms with Crippen molar-refractivity contribution in [2.24, 2.45) is 0 Å². The Hall–Kier alpha value is -1.54. The van der Waals surface area contributed by atoms with Crippen molar-refractivity contribution in [1.82, 2.24) is 10.5 Å². The summed E-state index contributed by atoms with van der Waals surface area (Å²) in [4.78, 5) is 0. The Labute approximate surface area is 109 Å². The van der Waals surface area contributed by atoms with Crippen LogP contribution in [0, 0.1) is 0 Å². The van der Waals surface area contributed by atoms with Gasteiger partial charge in [-0.1, -0.05) is 9.36 Å². The van der Waals surface area contributed by atoms with Gasteiger partial charge in [-0.2, -0.15) is 0 Å². The predicted octanol–water partition coefficient (Wildman–Crippen LogP) is -7.50. The normalized spacial score (nSPS) is 9.41. The van der Waals surface area contributed by atoms with E-state index in [0.717, 1.165) is 6.42 Å². The van der Waals surface area contributed by atoms with Gasteiger partial charge in [-0.05, 0) is 0 Å². The molecule has 4 N–H and O–H groups in total. The van der Waals surface area contributed by atoms with Gasteiger partial charge in [0, 0.05) is 0 Å². The van der Waals surface area contributed by atoms with Crippen molar-refractivity contribution >= 4 is 11.8 Å². The molecule has 2 aromatic rings. The van der Waals surface area contributed by atoms with E-state index in [4.69, 9.17) is 20.5 Å². The van der Waals surface area contributed by atoms with E-state index in [2.05, 4.69) is 10.5 Å². The van der Waals surface area contributed by atoms with Crippen LogP contribution in [0.3, 0.4) is 0 Å². The molecule has 0 amide bonds. The highest BCUT2D eigenvalue weighted by Crippen LogP contribution is 1.92. The second-order valence-electron chi connectivity index (χ2n) is 3.09. The third kappa shape index (κ3) is 4.45. The molecule has 2 rings (SSSR count). The molecule has 0 aliphatic heterocycles. The lowest BCUT2D eigenvalue weighted by molar-refractivity contribution is -0.789. The molecule has 10 heteroatoms. The van der Waals surface area contributed by atoms with E-state index in [1.807, 2.05) is 0 Å². The van der Waals surface area contributed by atoms with Crippen LogP contribution in [0.1, 0.15) is 6.42 Å². The summed E-state index contributed by atoms with van der Waals surface area (Å²) < 4.78 is 12.7. The van der Waals surface area contributed by atoms with Crippen LogP contribution < -0.4 is 45.6 Å². The molecule has 96 valence electrons. The van der Waals surface area contributed by atoms with Crippen molar-refractivity contribution in [3.63, 3.8) is 0 Å². The molecule has 0 radical (unpaired) electrons. The van der Waals surface area contributed by atoms with Gasteiger partial charge in [0.15, 0.2) is 13.1 Å². The Morgan fingerprint density at radius 2 is 1.35 bits per heavy atom. The van der Waals surface area contributed by atoms with Gasteiger partial charge in [-0.15, -0.1) is 0 Å². The summed E-state index contributed by atoms with van der Waals surface area (Å²) >= 11 is 0. The molecular formula is C7H12Cl2N6O2. The Morgan fingerprint density at radius 3 is 1.65 bits per heavy atom. The Morgan fingerprint density at radius 1 is 0.941 bits per heavy atom. The average molecular weight is 283 g/mol. The molecule has 0 saturated carbocycles. The first-order valence-electron chi connectivity index (χ1n) is 4.48. The van der Waals surface area contributed by atoms with Crippen molar-refractivity contribution in [2.75, 3.05) is 11.5 Å². The van der Waals surface area contributed by atoms with E-state index in [-0.39, 0.29) is 24.8 Å². The van der Waals surface area contributed by atoms with Crippen molar-refractivity contribution in [1.29, 1.82) is 0 Å². The minimum Gasteiger partial charge on any atom is -1.00 e. The van der Waals surface area contributed by atoms with Crippen LogP contribution in [-0.2, 0) is 13.1 Å². The van der Waals surface area contributed by atoms with Crippen LogP contribution in [0.2, 0.25) is 0 Å². The second kappa shape index (κ2) is 6.92. The maximum absolute atomic E-state index is 5.37. The van der Waals surface area contributed by atoms with Gasteiger partial charge in [0.25, 0.3) is 24.2 Å². The highest BCUT2D eigenvalue weighted by Gasteiger charge is 2.12. The third-order valence-corrected chi connectivity index (χ3v) is 1.83. The molecule has 0 spiro atoms. The monoisotopic (exact) mass is 282 g/mol. The number of nitrogens with two attached hydrogens (primary N) is 2. The van der Waals surface area contributed by atoms with Gasteiger partial charge < -0.3 is 36.3 Å². The molecular weight excluding hydrogens is 271 g/mol. The molecule has 0 aliphatic carbocycles. The van der Waals surface area contributed by atoms with Crippen LogP contribution in [0.15, 0.2) is 21.4 Å². The third-order valence-electron chi connectivity index (χ3n) is 1.83. The number of halogens is 2. The number of nitrogens with zero attached hydrogens (tertiary/aromatic N) is 4. The fourth-order valence-corrected chi connectivity index (χ4v) is 1.19. The van der Waals surface area contributed by atoms with Gasteiger partial charge in [0.1, 0.15) is 0 Å². The van der Waals surface area contributed by atoms with Crippen LogP contribution >= 0.6 is 0 Å². The van der Waals surface area contributed by atoms with Gasteiger partial charge >= 0.3 is 0 Å². The Balaban J connectivity index is 0.00000128. The zero-order valence-electron chi connectivity index (χ0n) is 8.79. The van der Waals surface area contributed by atoms with E-state index in [9.17, 15) is 0 Å². The van der Waals surface area contributed by atoms with E-state index >= 15 is 0 Å². The highest BCUT2D eigenvalue weighted by atomic mass is 35.5. The number of nitrogen functional groups attached to an aromatic ring is 2. The fraction of sp³-hybridized carbons (Fsp3) is 0.429. The summed E-state index contributed by atoms with van der Waals surface area (Å²) in [7, 11) is 0. The van der Waals surface area contributed by atoms with Crippen molar-refractivity contribution < 1.29 is 43.2 Å². The van der Waals surface area contributed by atoms with Gasteiger partial charge in [-0.25, -0.2) is 0 Å². The summed E-state index contributed by atoms with van der Waals surface area (Å²) in [6, 6.07) is 0. The zero-order chi connectivity index (χ0) is 10.7. The van der Waals surface area contributed by atoms with E-state index in [1.165, 1.54) is 0 Å². The highest BCUT2D eigenvalue weighted by molar-refractivity contribution is 5.11. The number of aromatic nitrogens is 4. The molecule has 0 aliphatic rings. The minimum atomic E-state index is 0. The molecule has 0 saturated heterocycles. The molecule has 2 heterocycles. The summed E-state index contributed by atoms with van der Waals surface area (Å²) in [6.45, 7) is 1.39. The maximum Gasteiger partial charge on any atom is 0.293 e. The van der Waals surface area contributed by atoms with Crippen molar-refractivity contribution in [2.45, 2.75) is 19.5 Å². The number of aryl methyl sites for hydroxylation is 2.